The molecule has 2 atom stereocenters. The standard InChI is InChI=1S/C34H37N5O7/c1-43-19-20-45-29-13-8-12-27-30(29)46-34(42)39-31(27)38-28(21-23-14-16-26(44-2)17-15-23)33(41)37-25(22-35)11-6-7-18-36-32(40)24-9-4-3-5-10-24/h3-5,8-10,12-17,25,28H,6-7,11,18-21H2,1-2H3,(H,36,40)(H,37,41)(H,38,39,42). The van der Waals surface area contributed by atoms with E-state index in [0.717, 1.165) is 5.56 Å². The highest BCUT2D eigenvalue weighted by Crippen LogP contribution is 2.29. The second-order valence-electron chi connectivity index (χ2n) is 10.4. The van der Waals surface area contributed by atoms with Crippen molar-refractivity contribution in [3.63, 3.8) is 0 Å². The number of ether oxygens (including phenoxy) is 3. The number of unbranched alkanes of at least 4 members (excludes halogenated alkanes) is 1. The quantitative estimate of drug-likeness (QED) is 0.146. The van der Waals surface area contributed by atoms with Crippen LogP contribution in [-0.4, -0.2) is 62.9 Å². The average molecular weight is 628 g/mol. The molecule has 4 rings (SSSR count). The van der Waals surface area contributed by atoms with Gasteiger partial charge in [-0.15, -0.1) is 0 Å². The van der Waals surface area contributed by atoms with Gasteiger partial charge >= 0.3 is 5.76 Å². The Morgan fingerprint density at radius 1 is 0.978 bits per heavy atom. The zero-order chi connectivity index (χ0) is 32.7. The van der Waals surface area contributed by atoms with Gasteiger partial charge in [0.2, 0.25) is 5.91 Å². The first-order chi connectivity index (χ1) is 22.4. The highest BCUT2D eigenvalue weighted by Gasteiger charge is 2.24. The Kier molecular flexibility index (Phi) is 12.5. The van der Waals surface area contributed by atoms with Gasteiger partial charge in [0.05, 0.1) is 25.2 Å². The van der Waals surface area contributed by atoms with E-state index in [1.807, 2.05) is 18.2 Å². The van der Waals surface area contributed by atoms with E-state index in [4.69, 9.17) is 18.6 Å². The first kappa shape index (κ1) is 33.5. The molecule has 2 amide bonds. The van der Waals surface area contributed by atoms with Crippen molar-refractivity contribution < 1.29 is 28.2 Å². The maximum atomic E-state index is 13.7. The van der Waals surface area contributed by atoms with Crippen LogP contribution in [0.3, 0.4) is 0 Å². The number of aromatic nitrogens is 1. The molecular formula is C34H37N5O7. The first-order valence-corrected chi connectivity index (χ1v) is 14.9. The fraction of sp³-hybridized carbons (Fsp3) is 0.324. The molecule has 0 spiro atoms. The van der Waals surface area contributed by atoms with Gasteiger partial charge in [0.15, 0.2) is 11.3 Å². The minimum Gasteiger partial charge on any atom is -0.497 e. The summed E-state index contributed by atoms with van der Waals surface area (Å²) in [5.74, 6) is -0.344. The molecule has 0 bridgehead atoms. The number of fused-ring (bicyclic) bond motifs is 1. The number of methoxy groups -OCH3 is 2. The van der Waals surface area contributed by atoms with Crippen molar-refractivity contribution in [1.29, 1.82) is 5.26 Å². The number of amides is 2. The highest BCUT2D eigenvalue weighted by molar-refractivity contribution is 5.94. The van der Waals surface area contributed by atoms with Crippen molar-refractivity contribution in [3.8, 4) is 17.6 Å². The molecule has 0 aliphatic rings. The topological polar surface area (TPSA) is 165 Å². The molecule has 1 heterocycles. The Labute approximate surface area is 266 Å². The van der Waals surface area contributed by atoms with Gasteiger partial charge in [-0.3, -0.25) is 9.59 Å². The maximum Gasteiger partial charge on any atom is 0.441 e. The molecule has 0 saturated heterocycles. The summed E-state index contributed by atoms with van der Waals surface area (Å²) in [4.78, 5) is 42.5. The Morgan fingerprint density at radius 2 is 1.76 bits per heavy atom. The molecule has 0 aliphatic carbocycles. The SMILES string of the molecule is COCCOc1cccc2c(NC(Cc3ccc(OC)cc3)C(=O)NC(C#N)CCCCNC(=O)c3ccccc3)nc(=O)oc12. The van der Waals surface area contributed by atoms with Crippen molar-refractivity contribution >= 4 is 28.6 Å². The van der Waals surface area contributed by atoms with Crippen molar-refractivity contribution in [2.24, 2.45) is 0 Å². The zero-order valence-electron chi connectivity index (χ0n) is 25.8. The number of nitrogens with zero attached hydrogens (tertiary/aromatic N) is 2. The Balaban J connectivity index is 1.46. The van der Waals surface area contributed by atoms with Crippen LogP contribution in [-0.2, 0) is 16.0 Å². The van der Waals surface area contributed by atoms with Crippen LogP contribution >= 0.6 is 0 Å². The number of benzene rings is 3. The lowest BCUT2D eigenvalue weighted by Crippen LogP contribution is -2.45. The van der Waals surface area contributed by atoms with Crippen LogP contribution < -0.4 is 31.2 Å². The van der Waals surface area contributed by atoms with Crippen LogP contribution in [0.4, 0.5) is 5.82 Å². The van der Waals surface area contributed by atoms with Crippen LogP contribution in [0.15, 0.2) is 82.0 Å². The predicted octanol–water partition coefficient (Wildman–Crippen LogP) is 3.85. The molecular weight excluding hydrogens is 590 g/mol. The molecule has 240 valence electrons. The summed E-state index contributed by atoms with van der Waals surface area (Å²) in [5.41, 5.74) is 1.57. The zero-order valence-corrected chi connectivity index (χ0v) is 25.8. The summed E-state index contributed by atoms with van der Waals surface area (Å²) in [7, 11) is 3.12. The van der Waals surface area contributed by atoms with Gasteiger partial charge in [0, 0.05) is 25.6 Å². The van der Waals surface area contributed by atoms with Crippen LogP contribution in [0.1, 0.15) is 35.2 Å². The molecule has 2 unspecified atom stereocenters. The molecule has 0 aliphatic heterocycles. The van der Waals surface area contributed by atoms with Crippen LogP contribution in [0.5, 0.6) is 11.5 Å². The summed E-state index contributed by atoms with van der Waals surface area (Å²) in [6, 6.07) is 21.7. The number of nitrogens with one attached hydrogen (secondary N) is 3. The number of nitriles is 1. The van der Waals surface area contributed by atoms with Crippen LogP contribution in [0.2, 0.25) is 0 Å². The third kappa shape index (κ3) is 9.54. The van der Waals surface area contributed by atoms with Crippen molar-refractivity contribution in [1.82, 2.24) is 15.6 Å². The molecule has 0 saturated carbocycles. The molecule has 0 fully saturated rings. The fourth-order valence-corrected chi connectivity index (χ4v) is 4.71. The van der Waals surface area contributed by atoms with Gasteiger partial charge in [-0.1, -0.05) is 36.4 Å². The average Bonchev–Trinajstić information content (AvgIpc) is 3.08. The highest BCUT2D eigenvalue weighted by atomic mass is 16.5. The van der Waals surface area contributed by atoms with E-state index >= 15 is 0 Å². The van der Waals surface area contributed by atoms with E-state index in [2.05, 4.69) is 27.0 Å². The molecule has 12 nitrogen and oxygen atoms in total. The summed E-state index contributed by atoms with van der Waals surface area (Å²) in [6.07, 6.45) is 1.83. The van der Waals surface area contributed by atoms with E-state index in [-0.39, 0.29) is 30.3 Å². The number of para-hydroxylation sites is 1. The second kappa shape index (κ2) is 17.2. The molecule has 3 aromatic carbocycles. The monoisotopic (exact) mass is 627 g/mol. The van der Waals surface area contributed by atoms with E-state index < -0.39 is 23.7 Å². The first-order valence-electron chi connectivity index (χ1n) is 14.9. The summed E-state index contributed by atoms with van der Waals surface area (Å²) < 4.78 is 21.4. The van der Waals surface area contributed by atoms with E-state index in [9.17, 15) is 19.6 Å². The molecule has 12 heteroatoms. The minimum atomic E-state index is -0.912. The number of anilines is 1. The van der Waals surface area contributed by atoms with Gasteiger partial charge in [-0.25, -0.2) is 4.79 Å². The lowest BCUT2D eigenvalue weighted by atomic mass is 10.0. The molecule has 0 radical (unpaired) electrons. The largest absolute Gasteiger partial charge is 0.497 e. The normalized spacial score (nSPS) is 12.0. The van der Waals surface area contributed by atoms with Crippen LogP contribution in [0.25, 0.3) is 11.0 Å². The number of hydrogen-bond acceptors (Lipinski definition) is 10. The Hall–Kier alpha value is -5.41. The summed E-state index contributed by atoms with van der Waals surface area (Å²) >= 11 is 0. The Morgan fingerprint density at radius 3 is 2.48 bits per heavy atom. The lowest BCUT2D eigenvalue weighted by molar-refractivity contribution is -0.122. The number of hydrogen-bond donors (Lipinski definition) is 3. The molecule has 3 N–H and O–H groups in total. The number of carbonyl (C=O) groups is 2. The van der Waals surface area contributed by atoms with Gasteiger partial charge in [-0.05, 0) is 61.2 Å². The second-order valence-corrected chi connectivity index (χ2v) is 10.4. The third-order valence-corrected chi connectivity index (χ3v) is 7.11. The molecule has 1 aromatic heterocycles. The molecule has 46 heavy (non-hydrogen) atoms. The van der Waals surface area contributed by atoms with Crippen molar-refractivity contribution in [2.45, 2.75) is 37.8 Å². The van der Waals surface area contributed by atoms with Gasteiger partial charge in [-0.2, -0.15) is 10.2 Å². The lowest BCUT2D eigenvalue weighted by Gasteiger charge is -2.22. The van der Waals surface area contributed by atoms with E-state index in [0.29, 0.717) is 54.9 Å². The van der Waals surface area contributed by atoms with Crippen molar-refractivity contribution in [2.75, 3.05) is 39.3 Å². The minimum absolute atomic E-state index is 0.139. The van der Waals surface area contributed by atoms with Gasteiger partial charge in [0.1, 0.15) is 30.3 Å². The summed E-state index contributed by atoms with van der Waals surface area (Å²) in [6.45, 7) is 1.01. The van der Waals surface area contributed by atoms with E-state index in [1.54, 1.807) is 68.8 Å². The number of rotatable bonds is 17. The van der Waals surface area contributed by atoms with Gasteiger partial charge in [0.25, 0.3) is 5.91 Å². The smallest absolute Gasteiger partial charge is 0.441 e. The third-order valence-electron chi connectivity index (χ3n) is 7.11. The Bertz CT molecular complexity index is 1690. The summed E-state index contributed by atoms with van der Waals surface area (Å²) in [5, 5.41) is 19.1. The van der Waals surface area contributed by atoms with Crippen LogP contribution in [0, 0.1) is 11.3 Å². The van der Waals surface area contributed by atoms with Crippen molar-refractivity contribution in [3.05, 3.63) is 94.5 Å². The van der Waals surface area contributed by atoms with Gasteiger partial charge < -0.3 is 34.6 Å². The predicted molar refractivity (Wildman–Crippen MR) is 172 cm³/mol. The van der Waals surface area contributed by atoms with E-state index in [1.165, 1.54) is 0 Å². The molecule has 4 aromatic rings. The fourth-order valence-electron chi connectivity index (χ4n) is 4.71. The number of carbonyl (C=O) groups excluding carboxylic acids is 2. The maximum absolute atomic E-state index is 13.7.